The van der Waals surface area contributed by atoms with Gasteiger partial charge in [-0.05, 0) is 73.6 Å². The molecule has 9 nitrogen and oxygen atoms in total. The number of nitrogens with zero attached hydrogens (tertiary/aromatic N) is 3. The number of carbonyl (C=O) groups excluding carboxylic acids is 3. The molecule has 3 amide bonds. The molecule has 0 radical (unpaired) electrons. The number of esters is 1. The van der Waals surface area contributed by atoms with Crippen LogP contribution in [-0.2, 0) is 9.53 Å². The van der Waals surface area contributed by atoms with Crippen molar-refractivity contribution in [2.24, 2.45) is 0 Å². The average molecular weight is 522 g/mol. The number of urea groups is 1. The Morgan fingerprint density at radius 1 is 1.08 bits per heavy atom. The fourth-order valence-corrected chi connectivity index (χ4v) is 4.78. The maximum Gasteiger partial charge on any atom is 0.338 e. The third-order valence-corrected chi connectivity index (χ3v) is 6.75. The summed E-state index contributed by atoms with van der Waals surface area (Å²) in [6.45, 7) is 8.38. The number of amides is 3. The van der Waals surface area contributed by atoms with E-state index in [9.17, 15) is 18.8 Å². The van der Waals surface area contributed by atoms with Crippen LogP contribution in [0.3, 0.4) is 0 Å². The predicted molar refractivity (Wildman–Crippen MR) is 142 cm³/mol. The number of benzene rings is 2. The minimum absolute atomic E-state index is 0.122. The maximum absolute atomic E-state index is 14.7. The fourth-order valence-electron chi connectivity index (χ4n) is 4.78. The van der Waals surface area contributed by atoms with E-state index >= 15 is 0 Å². The van der Waals surface area contributed by atoms with Gasteiger partial charge in [0.2, 0.25) is 5.91 Å². The van der Waals surface area contributed by atoms with Crippen LogP contribution in [0.1, 0.15) is 59.7 Å². The van der Waals surface area contributed by atoms with Gasteiger partial charge in [0.1, 0.15) is 17.5 Å². The summed E-state index contributed by atoms with van der Waals surface area (Å²) in [6, 6.07) is 8.94. The predicted octanol–water partition coefficient (Wildman–Crippen LogP) is 5.17. The number of hydrogen-bond donors (Lipinski definition) is 2. The van der Waals surface area contributed by atoms with Gasteiger partial charge in [0, 0.05) is 24.5 Å². The first kappa shape index (κ1) is 26.8. The summed E-state index contributed by atoms with van der Waals surface area (Å²) in [5.74, 6) is -1.06. The van der Waals surface area contributed by atoms with Crippen molar-refractivity contribution in [2.75, 3.05) is 24.3 Å². The lowest BCUT2D eigenvalue weighted by Gasteiger charge is -2.24. The molecular weight excluding hydrogens is 489 g/mol. The van der Waals surface area contributed by atoms with Crippen molar-refractivity contribution in [3.63, 3.8) is 0 Å². The summed E-state index contributed by atoms with van der Waals surface area (Å²) in [5, 5.41) is 9.91. The van der Waals surface area contributed by atoms with Gasteiger partial charge in [0.25, 0.3) is 0 Å². The van der Waals surface area contributed by atoms with Crippen molar-refractivity contribution in [3.05, 3.63) is 70.7 Å². The molecule has 0 aliphatic carbocycles. The lowest BCUT2D eigenvalue weighted by atomic mass is 9.98. The lowest BCUT2D eigenvalue weighted by Crippen LogP contribution is -2.45. The van der Waals surface area contributed by atoms with Crippen molar-refractivity contribution >= 4 is 29.4 Å². The third kappa shape index (κ3) is 5.53. The van der Waals surface area contributed by atoms with E-state index in [1.54, 1.807) is 13.0 Å². The minimum atomic E-state index is -0.660. The van der Waals surface area contributed by atoms with Gasteiger partial charge < -0.3 is 20.3 Å². The standard InChI is InChI=1S/C28H32FN5O4/c1-16(2)20-9-8-19(13-17(20)3)30-28(37)33-11-6-7-23(33)26(35)31-25-10-12-34(32-25)24-14-18(4)21(15-22(24)29)27(36)38-5/h8-10,12-16,23H,6-7,11H2,1-5H3,(H,30,37)(H,31,32,35)/t23-/m1/s1. The maximum atomic E-state index is 14.7. The number of rotatable bonds is 6. The largest absolute Gasteiger partial charge is 0.465 e. The lowest BCUT2D eigenvalue weighted by molar-refractivity contribution is -0.119. The molecule has 1 aromatic heterocycles. The molecule has 2 aromatic carbocycles. The number of ether oxygens (including phenoxy) is 1. The Bertz CT molecular complexity index is 1380. The van der Waals surface area contributed by atoms with Gasteiger partial charge in [-0.3, -0.25) is 4.79 Å². The highest BCUT2D eigenvalue weighted by Gasteiger charge is 2.34. The first-order valence-electron chi connectivity index (χ1n) is 12.5. The van der Waals surface area contributed by atoms with Gasteiger partial charge in [-0.1, -0.05) is 19.9 Å². The molecule has 1 saturated heterocycles. The number of aromatic nitrogens is 2. The topological polar surface area (TPSA) is 106 Å². The van der Waals surface area contributed by atoms with E-state index in [1.807, 2.05) is 25.1 Å². The van der Waals surface area contributed by atoms with Crippen molar-refractivity contribution in [2.45, 2.75) is 52.5 Å². The SMILES string of the molecule is COC(=O)c1cc(F)c(-n2ccc(NC(=O)[C@H]3CCCN3C(=O)Nc3ccc(C(C)C)c(C)c3)n2)cc1C. The Kier molecular flexibility index (Phi) is 7.80. The molecule has 10 heteroatoms. The minimum Gasteiger partial charge on any atom is -0.465 e. The van der Waals surface area contributed by atoms with Gasteiger partial charge in [0.05, 0.1) is 12.7 Å². The summed E-state index contributed by atoms with van der Waals surface area (Å²) in [7, 11) is 1.23. The van der Waals surface area contributed by atoms with Gasteiger partial charge >= 0.3 is 12.0 Å². The number of likely N-dealkylation sites (tertiary alicyclic amines) is 1. The number of nitrogens with one attached hydrogen (secondary N) is 2. The van der Waals surface area contributed by atoms with Crippen LogP contribution in [0.5, 0.6) is 0 Å². The summed E-state index contributed by atoms with van der Waals surface area (Å²) in [5.41, 5.74) is 3.76. The molecule has 0 bridgehead atoms. The van der Waals surface area contributed by atoms with Gasteiger partial charge in [-0.2, -0.15) is 0 Å². The zero-order valence-corrected chi connectivity index (χ0v) is 22.2. The van der Waals surface area contributed by atoms with Crippen LogP contribution in [0.25, 0.3) is 5.69 Å². The second-order valence-corrected chi connectivity index (χ2v) is 9.75. The molecule has 1 atom stereocenters. The molecule has 1 aliphatic rings. The highest BCUT2D eigenvalue weighted by Crippen LogP contribution is 2.25. The van der Waals surface area contributed by atoms with Crippen LogP contribution in [0, 0.1) is 19.7 Å². The van der Waals surface area contributed by atoms with E-state index in [4.69, 9.17) is 0 Å². The van der Waals surface area contributed by atoms with E-state index in [0.29, 0.717) is 36.6 Å². The first-order chi connectivity index (χ1) is 18.1. The van der Waals surface area contributed by atoms with E-state index < -0.39 is 17.8 Å². The van der Waals surface area contributed by atoms with Gasteiger partial charge in [0.15, 0.2) is 5.82 Å². The number of halogens is 1. The highest BCUT2D eigenvalue weighted by molar-refractivity contribution is 5.99. The van der Waals surface area contributed by atoms with Crippen LogP contribution < -0.4 is 10.6 Å². The number of carbonyl (C=O) groups is 3. The Hall–Kier alpha value is -4.21. The highest BCUT2D eigenvalue weighted by atomic mass is 19.1. The van der Waals surface area contributed by atoms with Crippen LogP contribution in [0.2, 0.25) is 0 Å². The summed E-state index contributed by atoms with van der Waals surface area (Å²) in [6.07, 6.45) is 2.73. The number of aryl methyl sites for hydroxylation is 2. The molecule has 1 fully saturated rings. The summed E-state index contributed by atoms with van der Waals surface area (Å²) in [4.78, 5) is 39.4. The smallest absolute Gasteiger partial charge is 0.338 e. The monoisotopic (exact) mass is 521 g/mol. The molecule has 0 spiro atoms. The Labute approximate surface area is 221 Å². The molecule has 2 N–H and O–H groups in total. The Morgan fingerprint density at radius 3 is 2.53 bits per heavy atom. The number of methoxy groups -OCH3 is 1. The first-order valence-corrected chi connectivity index (χ1v) is 12.5. The Balaban J connectivity index is 1.44. The molecule has 200 valence electrons. The van der Waals surface area contributed by atoms with Gasteiger partial charge in [-0.25, -0.2) is 18.7 Å². The second kappa shape index (κ2) is 11.0. The average Bonchev–Trinajstić information content (AvgIpc) is 3.54. The second-order valence-electron chi connectivity index (χ2n) is 9.75. The molecule has 1 aliphatic heterocycles. The summed E-state index contributed by atoms with van der Waals surface area (Å²) < 4.78 is 20.7. The molecule has 2 heterocycles. The molecule has 0 saturated carbocycles. The van der Waals surface area contributed by atoms with E-state index in [-0.39, 0.29) is 29.0 Å². The normalized spacial score (nSPS) is 15.0. The van der Waals surface area contributed by atoms with E-state index in [0.717, 1.165) is 11.6 Å². The van der Waals surface area contributed by atoms with E-state index in [1.165, 1.54) is 34.5 Å². The zero-order chi connectivity index (χ0) is 27.6. The van der Waals surface area contributed by atoms with Crippen molar-refractivity contribution in [1.82, 2.24) is 14.7 Å². The van der Waals surface area contributed by atoms with Crippen LogP contribution >= 0.6 is 0 Å². The third-order valence-electron chi connectivity index (χ3n) is 6.75. The number of anilines is 2. The van der Waals surface area contributed by atoms with E-state index in [2.05, 4.69) is 34.3 Å². The van der Waals surface area contributed by atoms with Crippen molar-refractivity contribution in [1.29, 1.82) is 0 Å². The number of hydrogen-bond acceptors (Lipinski definition) is 5. The van der Waals surface area contributed by atoms with Crippen molar-refractivity contribution in [3.8, 4) is 5.69 Å². The van der Waals surface area contributed by atoms with Gasteiger partial charge in [-0.15, -0.1) is 5.10 Å². The van der Waals surface area contributed by atoms with Crippen molar-refractivity contribution < 1.29 is 23.5 Å². The van der Waals surface area contributed by atoms with Crippen LogP contribution in [0.15, 0.2) is 42.6 Å². The zero-order valence-electron chi connectivity index (χ0n) is 22.2. The molecule has 0 unspecified atom stereocenters. The molecule has 3 aromatic rings. The van der Waals surface area contributed by atoms with Crippen LogP contribution in [-0.4, -0.2) is 52.3 Å². The fraction of sp³-hybridized carbons (Fsp3) is 0.357. The van der Waals surface area contributed by atoms with Crippen LogP contribution in [0.4, 0.5) is 20.7 Å². The Morgan fingerprint density at radius 2 is 1.84 bits per heavy atom. The molecule has 38 heavy (non-hydrogen) atoms. The molecular formula is C28H32FN5O4. The molecule has 4 rings (SSSR count). The quantitative estimate of drug-likeness (QED) is 0.435. The summed E-state index contributed by atoms with van der Waals surface area (Å²) >= 11 is 0.